The van der Waals surface area contributed by atoms with Crippen molar-refractivity contribution < 1.29 is 26.4 Å². The topological polar surface area (TPSA) is 66.5 Å². The summed E-state index contributed by atoms with van der Waals surface area (Å²) >= 11 is 11.9. The van der Waals surface area contributed by atoms with Gasteiger partial charge in [0.1, 0.15) is 0 Å². The average molecular weight is 509 g/mol. The summed E-state index contributed by atoms with van der Waals surface area (Å²) in [6, 6.07) is 10.6. The van der Waals surface area contributed by atoms with Crippen LogP contribution in [0.25, 0.3) is 0 Å². The van der Waals surface area contributed by atoms with Gasteiger partial charge in [0.15, 0.2) is 0 Å². The first kappa shape index (κ1) is 24.8. The zero-order valence-electron chi connectivity index (χ0n) is 16.8. The zero-order valence-corrected chi connectivity index (χ0v) is 19.2. The number of likely N-dealkylation sites (tertiary alicyclic amines) is 1. The molecule has 3 rings (SSSR count). The summed E-state index contributed by atoms with van der Waals surface area (Å²) in [5.41, 5.74) is 0.577. The van der Waals surface area contributed by atoms with Crippen LogP contribution in [0.5, 0.6) is 0 Å². The maximum Gasteiger partial charge on any atom is 0.471 e. The molecule has 0 bridgehead atoms. The third-order valence-corrected chi connectivity index (χ3v) is 7.69. The quantitative estimate of drug-likeness (QED) is 0.613. The second-order valence-electron chi connectivity index (χ2n) is 7.64. The van der Waals surface area contributed by atoms with Crippen LogP contribution in [0, 0.1) is 5.92 Å². The molecule has 1 aliphatic heterocycles. The van der Waals surface area contributed by atoms with E-state index in [0.29, 0.717) is 48.1 Å². The molecule has 1 aliphatic rings. The van der Waals surface area contributed by atoms with Crippen LogP contribution in [-0.4, -0.2) is 45.0 Å². The molecule has 1 N–H and O–H groups in total. The third-order valence-electron chi connectivity index (χ3n) is 5.35. The highest BCUT2D eigenvalue weighted by atomic mass is 35.5. The Morgan fingerprint density at radius 3 is 2.22 bits per heavy atom. The summed E-state index contributed by atoms with van der Waals surface area (Å²) in [6.45, 7) is 1.44. The Morgan fingerprint density at radius 1 is 1.03 bits per heavy atom. The molecule has 0 saturated carbocycles. The average Bonchev–Trinajstić information content (AvgIpc) is 2.74. The van der Waals surface area contributed by atoms with E-state index in [9.17, 15) is 26.4 Å². The van der Waals surface area contributed by atoms with E-state index in [0.717, 1.165) is 0 Å². The number of amides is 1. The van der Waals surface area contributed by atoms with Gasteiger partial charge in [0.2, 0.25) is 9.84 Å². The van der Waals surface area contributed by atoms with Gasteiger partial charge in [-0.25, -0.2) is 8.42 Å². The van der Waals surface area contributed by atoms with Crippen LogP contribution < -0.4 is 5.32 Å². The molecule has 0 atom stereocenters. The largest absolute Gasteiger partial charge is 0.471 e. The Morgan fingerprint density at radius 2 is 1.62 bits per heavy atom. The van der Waals surface area contributed by atoms with Gasteiger partial charge < -0.3 is 5.32 Å². The fourth-order valence-electron chi connectivity index (χ4n) is 3.58. The Bertz CT molecular complexity index is 1070. The second kappa shape index (κ2) is 9.99. The van der Waals surface area contributed by atoms with E-state index in [1.165, 1.54) is 30.3 Å². The SMILES string of the molecule is O=C(NCC1CCN(Cc2ccc(Cl)cc2S(=O)(=O)c2ccc(Cl)cc2)CC1)C(F)(F)F. The van der Waals surface area contributed by atoms with Crippen molar-refractivity contribution in [1.82, 2.24) is 10.2 Å². The monoisotopic (exact) mass is 508 g/mol. The van der Waals surface area contributed by atoms with E-state index < -0.39 is 21.9 Å². The van der Waals surface area contributed by atoms with Crippen LogP contribution in [0.15, 0.2) is 52.3 Å². The van der Waals surface area contributed by atoms with Gasteiger partial charge in [0.25, 0.3) is 0 Å². The van der Waals surface area contributed by atoms with Gasteiger partial charge in [-0.2, -0.15) is 13.2 Å². The van der Waals surface area contributed by atoms with Gasteiger partial charge >= 0.3 is 12.1 Å². The van der Waals surface area contributed by atoms with E-state index in [4.69, 9.17) is 23.2 Å². The molecule has 174 valence electrons. The summed E-state index contributed by atoms with van der Waals surface area (Å²) in [6.07, 6.45) is -3.71. The highest BCUT2D eigenvalue weighted by Gasteiger charge is 2.38. The van der Waals surface area contributed by atoms with E-state index in [1.54, 1.807) is 12.1 Å². The lowest BCUT2D eigenvalue weighted by Crippen LogP contribution is -2.42. The molecule has 1 amide bonds. The van der Waals surface area contributed by atoms with Crippen molar-refractivity contribution >= 4 is 38.9 Å². The Hall–Kier alpha value is -1.81. The molecule has 0 unspecified atom stereocenters. The lowest BCUT2D eigenvalue weighted by Gasteiger charge is -2.32. The number of benzene rings is 2. The Balaban J connectivity index is 1.68. The standard InChI is InChI=1S/C21H21Cl2F3N2O3S/c22-16-3-5-18(6-4-16)32(30,31)19-11-17(23)2-1-15(19)13-28-9-7-14(8-10-28)12-27-20(29)21(24,25)26/h1-6,11,14H,7-10,12-13H2,(H,27,29). The van der Waals surface area contributed by atoms with Crippen LogP contribution in [0.1, 0.15) is 18.4 Å². The van der Waals surface area contributed by atoms with Gasteiger partial charge in [-0.3, -0.25) is 9.69 Å². The lowest BCUT2D eigenvalue weighted by atomic mass is 9.96. The number of carbonyl (C=O) groups is 1. The number of carbonyl (C=O) groups excluding carboxylic acids is 1. The summed E-state index contributed by atoms with van der Waals surface area (Å²) < 4.78 is 63.4. The second-order valence-corrected chi connectivity index (χ2v) is 10.4. The molecular formula is C21H21Cl2F3N2O3S. The molecule has 32 heavy (non-hydrogen) atoms. The molecule has 2 aromatic carbocycles. The summed E-state index contributed by atoms with van der Waals surface area (Å²) in [5.74, 6) is -2.00. The predicted octanol–water partition coefficient (Wildman–Crippen LogP) is 4.72. The number of rotatable bonds is 6. The maximum atomic E-state index is 13.2. The number of hydrogen-bond donors (Lipinski definition) is 1. The minimum Gasteiger partial charge on any atom is -0.348 e. The van der Waals surface area contributed by atoms with Gasteiger partial charge in [0, 0.05) is 23.1 Å². The first-order chi connectivity index (χ1) is 15.0. The van der Waals surface area contributed by atoms with E-state index in [2.05, 4.69) is 0 Å². The predicted molar refractivity (Wildman–Crippen MR) is 115 cm³/mol. The lowest BCUT2D eigenvalue weighted by molar-refractivity contribution is -0.173. The van der Waals surface area contributed by atoms with Gasteiger partial charge in [-0.1, -0.05) is 29.3 Å². The molecule has 5 nitrogen and oxygen atoms in total. The van der Waals surface area contributed by atoms with E-state index in [-0.39, 0.29) is 22.3 Å². The molecule has 2 aromatic rings. The van der Waals surface area contributed by atoms with Crippen LogP contribution in [0.4, 0.5) is 13.2 Å². The fraction of sp³-hybridized carbons (Fsp3) is 0.381. The molecule has 0 aliphatic carbocycles. The summed E-state index contributed by atoms with van der Waals surface area (Å²) in [4.78, 5) is 13.2. The number of halogens is 5. The van der Waals surface area contributed by atoms with Crippen molar-refractivity contribution in [1.29, 1.82) is 0 Å². The van der Waals surface area contributed by atoms with E-state index in [1.807, 2.05) is 10.2 Å². The van der Waals surface area contributed by atoms with Crippen LogP contribution >= 0.6 is 23.2 Å². The van der Waals surface area contributed by atoms with Gasteiger partial charge in [-0.15, -0.1) is 0 Å². The van der Waals surface area contributed by atoms with Crippen molar-refractivity contribution in [3.63, 3.8) is 0 Å². The molecule has 1 saturated heterocycles. The maximum absolute atomic E-state index is 13.2. The van der Waals surface area contributed by atoms with Crippen molar-refractivity contribution in [3.05, 3.63) is 58.1 Å². The molecule has 11 heteroatoms. The smallest absolute Gasteiger partial charge is 0.348 e. The highest BCUT2D eigenvalue weighted by molar-refractivity contribution is 7.91. The van der Waals surface area contributed by atoms with Crippen LogP contribution in [0.3, 0.4) is 0 Å². The van der Waals surface area contributed by atoms with Crippen molar-refractivity contribution in [2.75, 3.05) is 19.6 Å². The highest BCUT2D eigenvalue weighted by Crippen LogP contribution is 2.30. The van der Waals surface area contributed by atoms with Crippen molar-refractivity contribution in [3.8, 4) is 0 Å². The minimum atomic E-state index is -4.89. The number of nitrogens with zero attached hydrogens (tertiary/aromatic N) is 1. The third kappa shape index (κ3) is 6.15. The molecule has 0 spiro atoms. The Kier molecular flexibility index (Phi) is 7.75. The molecular weight excluding hydrogens is 488 g/mol. The van der Waals surface area contributed by atoms with Crippen molar-refractivity contribution in [2.45, 2.75) is 35.4 Å². The molecule has 0 radical (unpaired) electrons. The number of piperidine rings is 1. The fourth-order valence-corrected chi connectivity index (χ4v) is 5.45. The molecule has 1 fully saturated rings. The first-order valence-electron chi connectivity index (χ1n) is 9.83. The van der Waals surface area contributed by atoms with Crippen LogP contribution in [-0.2, 0) is 21.2 Å². The Labute approximate surface area is 194 Å². The number of sulfone groups is 1. The van der Waals surface area contributed by atoms with Crippen molar-refractivity contribution in [2.24, 2.45) is 5.92 Å². The number of hydrogen-bond acceptors (Lipinski definition) is 4. The summed E-state index contributed by atoms with van der Waals surface area (Å²) in [5, 5.41) is 2.64. The van der Waals surface area contributed by atoms with E-state index >= 15 is 0 Å². The summed E-state index contributed by atoms with van der Waals surface area (Å²) in [7, 11) is -3.83. The molecule has 0 aromatic heterocycles. The zero-order chi connectivity index (χ0) is 23.5. The number of nitrogens with one attached hydrogen (secondary N) is 1. The van der Waals surface area contributed by atoms with Crippen LogP contribution in [0.2, 0.25) is 10.0 Å². The molecule has 1 heterocycles. The first-order valence-corrected chi connectivity index (χ1v) is 12.1. The number of alkyl halides is 3. The minimum absolute atomic E-state index is 0.0384. The normalized spacial score (nSPS) is 16.2. The van der Waals surface area contributed by atoms with Gasteiger partial charge in [-0.05, 0) is 73.8 Å². The van der Waals surface area contributed by atoms with Gasteiger partial charge in [0.05, 0.1) is 9.79 Å².